The molecule has 14 nitrogen and oxygen atoms in total. The summed E-state index contributed by atoms with van der Waals surface area (Å²) in [6, 6.07) is 0. The number of imidazole rings is 1. The average Bonchev–Trinajstić information content (AvgIpc) is 3.14. The Morgan fingerprint density at radius 3 is 2.70 bits per heavy atom. The van der Waals surface area contributed by atoms with Crippen LogP contribution in [-0.4, -0.2) is 55.2 Å². The van der Waals surface area contributed by atoms with Crippen molar-refractivity contribution in [1.29, 1.82) is 0 Å². The van der Waals surface area contributed by atoms with E-state index in [0.29, 0.717) is 17.0 Å². The minimum atomic E-state index is -5.14. The van der Waals surface area contributed by atoms with Gasteiger partial charge in [0.1, 0.15) is 24.2 Å². The Morgan fingerprint density at radius 1 is 1.33 bits per heavy atom. The van der Waals surface area contributed by atoms with Gasteiger partial charge in [0.15, 0.2) is 11.5 Å². The van der Waals surface area contributed by atoms with Gasteiger partial charge in [0, 0.05) is 13.5 Å². The molecule has 0 spiro atoms. The monoisotopic (exact) mass is 423 g/mol. The standard InChI is InChI=1S/C11H17N5O9P2/c1-12-10-9-11(14-4-13-10)16(5-15-9)8-2-6(25-27(20,21)22)7(24-8)3-23-26(17,18)19/h4-8H,2-3H2,1H3,(H,12,13,14)(H2,17,18,19)(H2,20,21,22)/p-2/t6-,7+,8+/m0/s1. The molecule has 1 saturated heterocycles. The highest BCUT2D eigenvalue weighted by Gasteiger charge is 2.40. The van der Waals surface area contributed by atoms with E-state index in [9.17, 15) is 18.9 Å². The summed E-state index contributed by atoms with van der Waals surface area (Å²) in [6.45, 7) is -0.720. The predicted octanol–water partition coefficient (Wildman–Crippen LogP) is -1.52. The largest absolute Gasteiger partial charge is 0.756 e. The minimum Gasteiger partial charge on any atom is -0.756 e. The van der Waals surface area contributed by atoms with Crippen LogP contribution in [0.5, 0.6) is 0 Å². The van der Waals surface area contributed by atoms with Crippen LogP contribution in [0, 0.1) is 0 Å². The SMILES string of the molecule is CNc1ncnc2c1ncn2[C@H]1C[C@H](OP(=O)([O-])O)[C@@H](COP(=O)([O-])O)O1. The summed E-state index contributed by atoms with van der Waals surface area (Å²) in [4.78, 5) is 51.8. The number of phosphoric acid groups is 2. The van der Waals surface area contributed by atoms with Gasteiger partial charge in [-0.1, -0.05) is 0 Å². The highest BCUT2D eigenvalue weighted by Crippen LogP contribution is 2.42. The molecule has 16 heteroatoms. The first-order chi connectivity index (χ1) is 12.6. The molecule has 1 aliphatic heterocycles. The lowest BCUT2D eigenvalue weighted by molar-refractivity contribution is -0.228. The Kier molecular flexibility index (Phi) is 5.64. The number of nitrogens with zero attached hydrogens (tertiary/aromatic N) is 4. The van der Waals surface area contributed by atoms with Gasteiger partial charge < -0.3 is 38.7 Å². The molecule has 0 bridgehead atoms. The van der Waals surface area contributed by atoms with Gasteiger partial charge in [-0.3, -0.25) is 13.7 Å². The van der Waals surface area contributed by atoms with Crippen LogP contribution >= 0.6 is 15.6 Å². The first kappa shape index (κ1) is 20.3. The highest BCUT2D eigenvalue weighted by atomic mass is 31.2. The lowest BCUT2D eigenvalue weighted by Gasteiger charge is -2.25. The molecule has 0 aliphatic carbocycles. The first-order valence-corrected chi connectivity index (χ1v) is 10.5. The third kappa shape index (κ3) is 4.88. The molecule has 0 amide bonds. The van der Waals surface area contributed by atoms with E-state index >= 15 is 0 Å². The Bertz CT molecular complexity index is 911. The summed E-state index contributed by atoms with van der Waals surface area (Å²) in [6.07, 6.45) is -0.774. The third-order valence-corrected chi connectivity index (χ3v) is 4.77. The van der Waals surface area contributed by atoms with Gasteiger partial charge >= 0.3 is 0 Å². The Morgan fingerprint density at radius 2 is 2.07 bits per heavy atom. The van der Waals surface area contributed by atoms with Crippen LogP contribution in [0.15, 0.2) is 12.7 Å². The zero-order chi connectivity index (χ0) is 19.8. The molecular weight excluding hydrogens is 408 g/mol. The van der Waals surface area contributed by atoms with Crippen molar-refractivity contribution < 1.29 is 42.5 Å². The Hall–Kier alpha value is -1.47. The maximum absolute atomic E-state index is 11.1. The smallest absolute Gasteiger partial charge is 0.265 e. The third-order valence-electron chi connectivity index (χ3n) is 3.76. The van der Waals surface area contributed by atoms with Crippen molar-refractivity contribution in [2.75, 3.05) is 19.0 Å². The molecule has 0 saturated carbocycles. The maximum atomic E-state index is 11.1. The van der Waals surface area contributed by atoms with Crippen LogP contribution in [0.4, 0.5) is 5.82 Å². The maximum Gasteiger partial charge on any atom is 0.265 e. The number of nitrogens with one attached hydrogen (secondary N) is 1. The number of aromatic nitrogens is 4. The summed E-state index contributed by atoms with van der Waals surface area (Å²) >= 11 is 0. The van der Waals surface area contributed by atoms with Gasteiger partial charge in [-0.15, -0.1) is 0 Å². The van der Waals surface area contributed by atoms with E-state index < -0.39 is 40.7 Å². The molecule has 3 heterocycles. The van der Waals surface area contributed by atoms with Crippen molar-refractivity contribution >= 4 is 32.6 Å². The number of anilines is 1. The van der Waals surface area contributed by atoms with E-state index in [4.69, 9.17) is 14.5 Å². The van der Waals surface area contributed by atoms with Crippen LogP contribution in [0.25, 0.3) is 11.2 Å². The molecule has 0 aromatic carbocycles. The van der Waals surface area contributed by atoms with E-state index in [1.54, 1.807) is 7.05 Å². The molecule has 2 unspecified atom stereocenters. The molecule has 3 rings (SSSR count). The van der Waals surface area contributed by atoms with Gasteiger partial charge in [-0.05, 0) is 0 Å². The molecule has 2 aromatic heterocycles. The van der Waals surface area contributed by atoms with Crippen LogP contribution in [0.3, 0.4) is 0 Å². The number of hydrogen-bond donors (Lipinski definition) is 3. The second-order valence-electron chi connectivity index (χ2n) is 5.54. The lowest BCUT2D eigenvalue weighted by Crippen LogP contribution is -2.30. The number of hydrogen-bond acceptors (Lipinski definition) is 11. The first-order valence-electron chi connectivity index (χ1n) is 7.48. The summed E-state index contributed by atoms with van der Waals surface area (Å²) < 4.78 is 37.8. The summed E-state index contributed by atoms with van der Waals surface area (Å²) in [5.41, 5.74) is 0.794. The second-order valence-corrected chi connectivity index (χ2v) is 7.88. The van der Waals surface area contributed by atoms with Gasteiger partial charge in [0.2, 0.25) is 0 Å². The molecule has 1 aliphatic rings. The second kappa shape index (κ2) is 7.51. The fourth-order valence-electron chi connectivity index (χ4n) is 2.72. The molecule has 150 valence electrons. The molecule has 27 heavy (non-hydrogen) atoms. The highest BCUT2D eigenvalue weighted by molar-refractivity contribution is 7.45. The van der Waals surface area contributed by atoms with Crippen LogP contribution in [0.1, 0.15) is 12.6 Å². The minimum absolute atomic E-state index is 0.0975. The molecular formula is C11H15N5O9P2-2. The van der Waals surface area contributed by atoms with Crippen LogP contribution < -0.4 is 15.1 Å². The average molecular weight is 423 g/mol. The van der Waals surface area contributed by atoms with Crippen molar-refractivity contribution in [1.82, 2.24) is 19.5 Å². The quantitative estimate of drug-likeness (QED) is 0.433. The zero-order valence-corrected chi connectivity index (χ0v) is 15.5. The zero-order valence-electron chi connectivity index (χ0n) is 13.7. The van der Waals surface area contributed by atoms with Gasteiger partial charge in [0.25, 0.3) is 15.6 Å². The van der Waals surface area contributed by atoms with Crippen molar-refractivity contribution in [3.8, 4) is 0 Å². The van der Waals surface area contributed by atoms with Gasteiger partial charge in [0.05, 0.1) is 19.0 Å². The molecule has 1 fully saturated rings. The van der Waals surface area contributed by atoms with Crippen molar-refractivity contribution in [2.45, 2.75) is 24.9 Å². The van der Waals surface area contributed by atoms with Crippen LogP contribution in [-0.2, 0) is 22.9 Å². The topological polar surface area (TPSA) is 204 Å². The lowest BCUT2D eigenvalue weighted by atomic mass is 10.2. The van der Waals surface area contributed by atoms with E-state index in [1.165, 1.54) is 17.2 Å². The predicted molar refractivity (Wildman–Crippen MR) is 83.9 cm³/mol. The summed E-state index contributed by atoms with van der Waals surface area (Å²) in [5.74, 6) is 0.455. The molecule has 5 atom stereocenters. The van der Waals surface area contributed by atoms with Crippen LogP contribution in [0.2, 0.25) is 0 Å². The van der Waals surface area contributed by atoms with Gasteiger partial charge in [-0.2, -0.15) is 0 Å². The summed E-state index contributed by atoms with van der Waals surface area (Å²) in [5, 5.41) is 2.84. The number of rotatable bonds is 7. The molecule has 2 aromatic rings. The van der Waals surface area contributed by atoms with Crippen molar-refractivity contribution in [2.24, 2.45) is 0 Å². The number of ether oxygens (including phenoxy) is 1. The number of phosphoric ester groups is 2. The normalized spacial score (nSPS) is 27.4. The van der Waals surface area contributed by atoms with E-state index in [-0.39, 0.29) is 6.42 Å². The number of fused-ring (bicyclic) bond motifs is 1. The molecule has 3 N–H and O–H groups in total. The van der Waals surface area contributed by atoms with E-state index in [1.807, 2.05) is 0 Å². The fourth-order valence-corrected chi connectivity index (χ4v) is 3.62. The summed E-state index contributed by atoms with van der Waals surface area (Å²) in [7, 11) is -8.56. The Labute approximate surface area is 152 Å². The van der Waals surface area contributed by atoms with Crippen molar-refractivity contribution in [3.63, 3.8) is 0 Å². The van der Waals surface area contributed by atoms with Crippen molar-refractivity contribution in [3.05, 3.63) is 12.7 Å². The van der Waals surface area contributed by atoms with E-state index in [0.717, 1.165) is 0 Å². The fraction of sp³-hybridized carbons (Fsp3) is 0.545. The molecule has 0 radical (unpaired) electrons. The van der Waals surface area contributed by atoms with Gasteiger partial charge in [-0.25, -0.2) is 15.0 Å². The van der Waals surface area contributed by atoms with E-state index in [2.05, 4.69) is 29.3 Å². The Balaban J connectivity index is 1.86.